The van der Waals surface area contributed by atoms with Gasteiger partial charge in [-0.3, -0.25) is 0 Å². The molecule has 7 nitrogen and oxygen atoms in total. The average molecular weight is 316 g/mol. The Balaban J connectivity index is 1.72. The molecule has 0 radical (unpaired) electrons. The van der Waals surface area contributed by atoms with E-state index in [1.54, 1.807) is 25.2 Å². The van der Waals surface area contributed by atoms with Gasteiger partial charge in [-0.2, -0.15) is 5.10 Å². The Morgan fingerprint density at radius 1 is 1.26 bits per heavy atom. The Labute approximate surface area is 136 Å². The lowest BCUT2D eigenvalue weighted by molar-refractivity contribution is 0.155. The van der Waals surface area contributed by atoms with Crippen LogP contribution in [0.25, 0.3) is 5.52 Å². The highest BCUT2D eigenvalue weighted by molar-refractivity contribution is 5.74. The number of carbonyl (C=O) groups is 1. The molecule has 2 amide bonds. The first-order chi connectivity index (χ1) is 11.0. The van der Waals surface area contributed by atoms with Gasteiger partial charge in [-0.05, 0) is 25.8 Å². The summed E-state index contributed by atoms with van der Waals surface area (Å²) in [5, 5.41) is 4.45. The highest BCUT2D eigenvalue weighted by Gasteiger charge is 2.27. The first kappa shape index (κ1) is 15.6. The lowest BCUT2D eigenvalue weighted by Gasteiger charge is -2.38. The Hall–Kier alpha value is -2.31. The number of anilines is 1. The molecule has 0 spiro atoms. The molecule has 0 atom stereocenters. The van der Waals surface area contributed by atoms with E-state index in [2.05, 4.69) is 21.0 Å². The maximum Gasteiger partial charge on any atom is 0.319 e. The van der Waals surface area contributed by atoms with Crippen LogP contribution in [0.2, 0.25) is 0 Å². The summed E-state index contributed by atoms with van der Waals surface area (Å²) in [6, 6.07) is 2.42. The Morgan fingerprint density at radius 3 is 2.61 bits per heavy atom. The molecule has 0 aromatic carbocycles. The number of rotatable bonds is 2. The predicted molar refractivity (Wildman–Crippen MR) is 89.8 cm³/mol. The third-order valence-corrected chi connectivity index (χ3v) is 4.49. The van der Waals surface area contributed by atoms with Crippen LogP contribution in [-0.4, -0.2) is 70.7 Å². The van der Waals surface area contributed by atoms with Gasteiger partial charge in [-0.15, -0.1) is 0 Å². The Morgan fingerprint density at radius 2 is 1.96 bits per heavy atom. The smallest absolute Gasteiger partial charge is 0.319 e. The lowest BCUT2D eigenvalue weighted by Crippen LogP contribution is -2.48. The molecule has 0 unspecified atom stereocenters. The van der Waals surface area contributed by atoms with E-state index in [0.717, 1.165) is 43.0 Å². The van der Waals surface area contributed by atoms with Crippen molar-refractivity contribution < 1.29 is 4.79 Å². The number of fused-ring (bicyclic) bond motifs is 1. The molecule has 0 bridgehead atoms. The van der Waals surface area contributed by atoms with E-state index >= 15 is 0 Å². The molecule has 124 valence electrons. The number of carbonyl (C=O) groups excluding carboxylic acids is 1. The van der Waals surface area contributed by atoms with Crippen LogP contribution in [-0.2, 0) is 0 Å². The van der Waals surface area contributed by atoms with Crippen molar-refractivity contribution in [2.45, 2.75) is 25.8 Å². The average Bonchev–Trinajstić information content (AvgIpc) is 2.93. The van der Waals surface area contributed by atoms with Gasteiger partial charge in [0.15, 0.2) is 5.82 Å². The number of aromatic nitrogens is 3. The normalized spacial score (nSPS) is 15.9. The highest BCUT2D eigenvalue weighted by Crippen LogP contribution is 2.24. The van der Waals surface area contributed by atoms with Crippen LogP contribution in [0.3, 0.4) is 0 Å². The van der Waals surface area contributed by atoms with Crippen molar-refractivity contribution in [1.29, 1.82) is 0 Å². The van der Waals surface area contributed by atoms with Crippen molar-refractivity contribution in [2.24, 2.45) is 0 Å². The van der Waals surface area contributed by atoms with Gasteiger partial charge in [0.2, 0.25) is 0 Å². The summed E-state index contributed by atoms with van der Waals surface area (Å²) >= 11 is 0. The van der Waals surface area contributed by atoms with Crippen LogP contribution in [0.5, 0.6) is 0 Å². The van der Waals surface area contributed by atoms with Crippen molar-refractivity contribution in [2.75, 3.05) is 39.1 Å². The van der Waals surface area contributed by atoms with Gasteiger partial charge < -0.3 is 14.7 Å². The zero-order valence-electron chi connectivity index (χ0n) is 14.2. The van der Waals surface area contributed by atoms with Crippen LogP contribution in [0, 0.1) is 6.92 Å². The number of urea groups is 1. The van der Waals surface area contributed by atoms with Crippen LogP contribution in [0.15, 0.2) is 18.5 Å². The number of aryl methyl sites for hydroxylation is 1. The Kier molecular flexibility index (Phi) is 4.11. The summed E-state index contributed by atoms with van der Waals surface area (Å²) < 4.78 is 1.88. The molecule has 2 aromatic heterocycles. The highest BCUT2D eigenvalue weighted by atomic mass is 16.2. The van der Waals surface area contributed by atoms with E-state index in [0.29, 0.717) is 0 Å². The first-order valence-corrected chi connectivity index (χ1v) is 7.97. The summed E-state index contributed by atoms with van der Waals surface area (Å²) in [5.74, 6) is 0.980. The van der Waals surface area contributed by atoms with Crippen LogP contribution < -0.4 is 4.90 Å². The minimum atomic E-state index is 0.0649. The molecule has 1 saturated heterocycles. The monoisotopic (exact) mass is 316 g/mol. The second-order valence-corrected chi connectivity index (χ2v) is 6.37. The molecule has 2 aromatic rings. The third kappa shape index (κ3) is 2.95. The number of piperidine rings is 1. The fraction of sp³-hybridized carbons (Fsp3) is 0.562. The quantitative estimate of drug-likeness (QED) is 0.845. The molecule has 0 N–H and O–H groups in total. The number of nitrogens with zero attached hydrogens (tertiary/aromatic N) is 6. The van der Waals surface area contributed by atoms with Gasteiger partial charge in [0.25, 0.3) is 0 Å². The van der Waals surface area contributed by atoms with E-state index in [1.807, 2.05) is 29.6 Å². The number of amides is 2. The molecule has 1 aliphatic heterocycles. The SMILES string of the molecule is Cc1cc2c(N3CCC(N(C)C(=O)N(C)C)CC3)nccn2n1. The second kappa shape index (κ2) is 6.06. The zero-order valence-corrected chi connectivity index (χ0v) is 14.2. The minimum Gasteiger partial charge on any atom is -0.355 e. The van der Waals surface area contributed by atoms with Crippen LogP contribution in [0.4, 0.5) is 10.6 Å². The summed E-state index contributed by atoms with van der Waals surface area (Å²) in [4.78, 5) is 22.4. The molecular formula is C16H24N6O. The first-order valence-electron chi connectivity index (χ1n) is 7.97. The van der Waals surface area contributed by atoms with Crippen LogP contribution >= 0.6 is 0 Å². The maximum atomic E-state index is 12.1. The van der Waals surface area contributed by atoms with E-state index in [-0.39, 0.29) is 12.1 Å². The van der Waals surface area contributed by atoms with E-state index in [1.165, 1.54) is 0 Å². The summed E-state index contributed by atoms with van der Waals surface area (Å²) in [7, 11) is 5.48. The minimum absolute atomic E-state index is 0.0649. The van der Waals surface area contributed by atoms with Gasteiger partial charge in [-0.1, -0.05) is 0 Å². The molecule has 0 aliphatic carbocycles. The zero-order chi connectivity index (χ0) is 16.6. The molecular weight excluding hydrogens is 292 g/mol. The standard InChI is InChI=1S/C16H24N6O/c1-12-11-14-15(17-7-10-22(14)18-12)21-8-5-13(6-9-21)20(4)16(23)19(2)3/h7,10-11,13H,5-6,8-9H2,1-4H3. The number of hydrogen-bond acceptors (Lipinski definition) is 4. The molecule has 23 heavy (non-hydrogen) atoms. The largest absolute Gasteiger partial charge is 0.355 e. The molecule has 0 saturated carbocycles. The molecule has 1 fully saturated rings. The summed E-state index contributed by atoms with van der Waals surface area (Å²) in [6.07, 6.45) is 5.57. The molecule has 1 aliphatic rings. The van der Waals surface area contributed by atoms with Crippen LogP contribution in [0.1, 0.15) is 18.5 Å². The summed E-state index contributed by atoms with van der Waals surface area (Å²) in [5.41, 5.74) is 2.03. The van der Waals surface area contributed by atoms with Gasteiger partial charge in [-0.25, -0.2) is 14.3 Å². The van der Waals surface area contributed by atoms with Crippen molar-refractivity contribution in [3.05, 3.63) is 24.2 Å². The van der Waals surface area contributed by atoms with Gasteiger partial charge in [0.1, 0.15) is 5.52 Å². The van der Waals surface area contributed by atoms with E-state index < -0.39 is 0 Å². The fourth-order valence-corrected chi connectivity index (χ4v) is 3.21. The number of hydrogen-bond donors (Lipinski definition) is 0. The van der Waals surface area contributed by atoms with Gasteiger partial charge >= 0.3 is 6.03 Å². The fourth-order valence-electron chi connectivity index (χ4n) is 3.21. The van der Waals surface area contributed by atoms with E-state index in [4.69, 9.17) is 0 Å². The molecule has 3 rings (SSSR count). The van der Waals surface area contributed by atoms with Crippen molar-refractivity contribution in [3.8, 4) is 0 Å². The maximum absolute atomic E-state index is 12.1. The second-order valence-electron chi connectivity index (χ2n) is 6.37. The van der Waals surface area contributed by atoms with Crippen molar-refractivity contribution in [3.63, 3.8) is 0 Å². The predicted octanol–water partition coefficient (Wildman–Crippen LogP) is 1.62. The lowest BCUT2D eigenvalue weighted by atomic mass is 10.0. The summed E-state index contributed by atoms with van der Waals surface area (Å²) in [6.45, 7) is 3.78. The topological polar surface area (TPSA) is 57.0 Å². The van der Waals surface area contributed by atoms with E-state index in [9.17, 15) is 4.79 Å². The van der Waals surface area contributed by atoms with Crippen molar-refractivity contribution >= 4 is 17.4 Å². The molecule has 3 heterocycles. The van der Waals surface area contributed by atoms with Gasteiger partial charge in [0.05, 0.1) is 5.69 Å². The van der Waals surface area contributed by atoms with Gasteiger partial charge in [0, 0.05) is 52.7 Å². The third-order valence-electron chi connectivity index (χ3n) is 4.49. The van der Waals surface area contributed by atoms with Crippen molar-refractivity contribution in [1.82, 2.24) is 24.4 Å². The Bertz CT molecular complexity index is 702. The molecule has 7 heteroatoms.